The molecule has 0 spiro atoms. The third kappa shape index (κ3) is 3.18. The molecule has 1 saturated heterocycles. The highest BCUT2D eigenvalue weighted by atomic mass is 15.2. The Bertz CT molecular complexity index is 485. The van der Waals surface area contributed by atoms with Crippen LogP contribution < -0.4 is 10.2 Å². The van der Waals surface area contributed by atoms with E-state index in [9.17, 15) is 0 Å². The fraction of sp³-hybridized carbons (Fsp3) is 0.667. The smallest absolute Gasteiger partial charge is 0.0414 e. The standard InChI is InChI=1S/C18H29N3/c1-4-16-13-20(3)10-5-11-21(16)17-8-9-18-15(12-17)7-6-14(2)19-18/h8-9,12,14,16,19H,4-7,10-11,13H2,1-3H3. The molecule has 2 unspecified atom stereocenters. The van der Waals surface area contributed by atoms with Gasteiger partial charge in [0.15, 0.2) is 0 Å². The molecule has 0 saturated carbocycles. The Morgan fingerprint density at radius 3 is 2.95 bits per heavy atom. The first-order valence-electron chi connectivity index (χ1n) is 8.52. The van der Waals surface area contributed by atoms with Crippen LogP contribution in [0.5, 0.6) is 0 Å². The van der Waals surface area contributed by atoms with Crippen molar-refractivity contribution >= 4 is 11.4 Å². The molecule has 1 aromatic rings. The van der Waals surface area contributed by atoms with E-state index in [4.69, 9.17) is 0 Å². The molecule has 21 heavy (non-hydrogen) atoms. The number of anilines is 2. The van der Waals surface area contributed by atoms with Crippen molar-refractivity contribution in [2.45, 2.75) is 51.6 Å². The van der Waals surface area contributed by atoms with Gasteiger partial charge in [0.2, 0.25) is 0 Å². The molecule has 1 fully saturated rings. The Morgan fingerprint density at radius 1 is 1.29 bits per heavy atom. The lowest BCUT2D eigenvalue weighted by Crippen LogP contribution is -2.40. The highest BCUT2D eigenvalue weighted by Gasteiger charge is 2.23. The summed E-state index contributed by atoms with van der Waals surface area (Å²) in [7, 11) is 2.25. The summed E-state index contributed by atoms with van der Waals surface area (Å²) in [6.07, 6.45) is 4.94. The molecule has 3 rings (SSSR count). The van der Waals surface area contributed by atoms with E-state index in [-0.39, 0.29) is 0 Å². The first-order chi connectivity index (χ1) is 10.2. The van der Waals surface area contributed by atoms with Crippen molar-refractivity contribution in [2.24, 2.45) is 0 Å². The van der Waals surface area contributed by atoms with Crippen molar-refractivity contribution < 1.29 is 0 Å². The minimum Gasteiger partial charge on any atom is -0.382 e. The van der Waals surface area contributed by atoms with Gasteiger partial charge < -0.3 is 15.1 Å². The molecule has 2 atom stereocenters. The van der Waals surface area contributed by atoms with E-state index < -0.39 is 0 Å². The minimum atomic E-state index is 0.610. The van der Waals surface area contributed by atoms with Gasteiger partial charge in [-0.25, -0.2) is 0 Å². The van der Waals surface area contributed by atoms with E-state index in [1.54, 1.807) is 0 Å². The zero-order chi connectivity index (χ0) is 14.8. The second kappa shape index (κ2) is 6.27. The maximum Gasteiger partial charge on any atom is 0.0414 e. The largest absolute Gasteiger partial charge is 0.382 e. The molecule has 0 aromatic heterocycles. The highest BCUT2D eigenvalue weighted by molar-refractivity contribution is 5.62. The maximum absolute atomic E-state index is 3.61. The van der Waals surface area contributed by atoms with Gasteiger partial charge in [0.1, 0.15) is 0 Å². The Balaban J connectivity index is 1.85. The lowest BCUT2D eigenvalue weighted by molar-refractivity contribution is 0.328. The zero-order valence-electron chi connectivity index (χ0n) is 13.7. The Labute approximate surface area is 129 Å². The van der Waals surface area contributed by atoms with Crippen LogP contribution in [-0.4, -0.2) is 43.7 Å². The van der Waals surface area contributed by atoms with Crippen LogP contribution in [0.4, 0.5) is 11.4 Å². The molecule has 1 N–H and O–H groups in total. The Hall–Kier alpha value is -1.22. The van der Waals surface area contributed by atoms with Crippen LogP contribution in [0, 0.1) is 0 Å². The summed E-state index contributed by atoms with van der Waals surface area (Å²) in [5, 5.41) is 3.61. The molecule has 1 aromatic carbocycles. The number of benzene rings is 1. The van der Waals surface area contributed by atoms with E-state index in [1.165, 1.54) is 62.3 Å². The predicted octanol–water partition coefficient (Wildman–Crippen LogP) is 3.35. The highest BCUT2D eigenvalue weighted by Crippen LogP contribution is 2.31. The van der Waals surface area contributed by atoms with Crippen LogP contribution in [0.1, 0.15) is 38.7 Å². The Kier molecular flexibility index (Phi) is 4.39. The first-order valence-corrected chi connectivity index (χ1v) is 8.52. The van der Waals surface area contributed by atoms with Gasteiger partial charge in [-0.05, 0) is 70.0 Å². The summed E-state index contributed by atoms with van der Waals surface area (Å²) in [5.41, 5.74) is 4.27. The number of likely N-dealkylation sites (N-methyl/N-ethyl adjacent to an activating group) is 1. The lowest BCUT2D eigenvalue weighted by atomic mass is 9.98. The van der Waals surface area contributed by atoms with Crippen molar-refractivity contribution in [1.82, 2.24) is 4.90 Å². The van der Waals surface area contributed by atoms with Gasteiger partial charge in [-0.3, -0.25) is 0 Å². The topological polar surface area (TPSA) is 18.5 Å². The van der Waals surface area contributed by atoms with Crippen LogP contribution >= 0.6 is 0 Å². The number of fused-ring (bicyclic) bond motifs is 1. The molecule has 2 aliphatic heterocycles. The Morgan fingerprint density at radius 2 is 2.14 bits per heavy atom. The summed E-state index contributed by atoms with van der Waals surface area (Å²) in [6, 6.07) is 8.30. The van der Waals surface area contributed by atoms with Gasteiger partial charge in [-0.2, -0.15) is 0 Å². The number of nitrogens with zero attached hydrogens (tertiary/aromatic N) is 2. The van der Waals surface area contributed by atoms with Crippen LogP contribution in [-0.2, 0) is 6.42 Å². The molecule has 3 heteroatoms. The number of aryl methyl sites for hydroxylation is 1. The van der Waals surface area contributed by atoms with Crippen molar-refractivity contribution in [1.29, 1.82) is 0 Å². The van der Waals surface area contributed by atoms with E-state index in [2.05, 4.69) is 54.2 Å². The number of hydrogen-bond acceptors (Lipinski definition) is 3. The minimum absolute atomic E-state index is 0.610. The van der Waals surface area contributed by atoms with Gasteiger partial charge in [0.25, 0.3) is 0 Å². The van der Waals surface area contributed by atoms with Crippen LogP contribution in [0.25, 0.3) is 0 Å². The zero-order valence-corrected chi connectivity index (χ0v) is 13.7. The fourth-order valence-electron chi connectivity index (χ4n) is 3.75. The molecule has 0 bridgehead atoms. The number of nitrogens with one attached hydrogen (secondary N) is 1. The molecule has 3 nitrogen and oxygen atoms in total. The monoisotopic (exact) mass is 287 g/mol. The number of hydrogen-bond donors (Lipinski definition) is 1. The third-order valence-electron chi connectivity index (χ3n) is 5.04. The van der Waals surface area contributed by atoms with Gasteiger partial charge in [0.05, 0.1) is 0 Å². The normalized spacial score (nSPS) is 26.9. The summed E-state index contributed by atoms with van der Waals surface area (Å²) in [5.74, 6) is 0. The lowest BCUT2D eigenvalue weighted by Gasteiger charge is -2.33. The number of rotatable bonds is 2. The SMILES string of the molecule is CCC1CN(C)CCCN1c1ccc2c(c1)CCC(C)N2. The quantitative estimate of drug-likeness (QED) is 0.900. The molecule has 2 heterocycles. The molecular formula is C18H29N3. The van der Waals surface area contributed by atoms with Crippen molar-refractivity contribution in [3.05, 3.63) is 23.8 Å². The van der Waals surface area contributed by atoms with Gasteiger partial charge in [-0.15, -0.1) is 0 Å². The fourth-order valence-corrected chi connectivity index (χ4v) is 3.75. The van der Waals surface area contributed by atoms with Crippen LogP contribution in [0.2, 0.25) is 0 Å². The molecule has 0 aliphatic carbocycles. The van der Waals surface area contributed by atoms with E-state index in [0.29, 0.717) is 12.1 Å². The second-order valence-corrected chi connectivity index (χ2v) is 6.80. The van der Waals surface area contributed by atoms with Crippen molar-refractivity contribution in [3.63, 3.8) is 0 Å². The molecule has 0 radical (unpaired) electrons. The van der Waals surface area contributed by atoms with Crippen molar-refractivity contribution in [3.8, 4) is 0 Å². The summed E-state index contributed by atoms with van der Waals surface area (Å²) < 4.78 is 0. The summed E-state index contributed by atoms with van der Waals surface area (Å²) in [4.78, 5) is 5.12. The van der Waals surface area contributed by atoms with E-state index in [0.717, 1.165) is 0 Å². The molecule has 2 aliphatic rings. The molecule has 116 valence electrons. The maximum atomic E-state index is 3.61. The van der Waals surface area contributed by atoms with E-state index in [1.807, 2.05) is 0 Å². The predicted molar refractivity (Wildman–Crippen MR) is 91.4 cm³/mol. The van der Waals surface area contributed by atoms with Gasteiger partial charge in [-0.1, -0.05) is 6.92 Å². The third-order valence-corrected chi connectivity index (χ3v) is 5.04. The summed E-state index contributed by atoms with van der Waals surface area (Å²) >= 11 is 0. The van der Waals surface area contributed by atoms with Crippen LogP contribution in [0.3, 0.4) is 0 Å². The second-order valence-electron chi connectivity index (χ2n) is 6.80. The van der Waals surface area contributed by atoms with Crippen LogP contribution in [0.15, 0.2) is 18.2 Å². The van der Waals surface area contributed by atoms with Gasteiger partial charge in [0, 0.05) is 36.5 Å². The van der Waals surface area contributed by atoms with Gasteiger partial charge >= 0.3 is 0 Å². The first kappa shape index (κ1) is 14.7. The molecular weight excluding hydrogens is 258 g/mol. The van der Waals surface area contributed by atoms with Crippen molar-refractivity contribution in [2.75, 3.05) is 36.9 Å². The average Bonchev–Trinajstić information content (AvgIpc) is 2.68. The average molecular weight is 287 g/mol. The molecule has 0 amide bonds. The van der Waals surface area contributed by atoms with E-state index >= 15 is 0 Å². The summed E-state index contributed by atoms with van der Waals surface area (Å²) in [6.45, 7) is 8.18.